The number of nitrogens with zero attached hydrogens (tertiary/aromatic N) is 2. The minimum atomic E-state index is -0.865. The van der Waals surface area contributed by atoms with E-state index in [1.54, 1.807) is 48.3 Å². The Morgan fingerprint density at radius 3 is 2.28 bits per heavy atom. The Hall–Kier alpha value is -4.85. The molecule has 5 rings (SSSR count). The lowest BCUT2D eigenvalue weighted by atomic mass is 9.99. The molecule has 1 saturated heterocycles. The molecule has 2 heterocycles. The SMILES string of the molecule is Cc1ccc(CN2C(=O)O[C@@H](c3ccc(NC(=O)c4ccco4)cc3)[C@@H]2C(=O)N(C)Cc2ccccc2)cc1. The number of cyclic esters (lactones) is 1. The molecule has 1 aliphatic heterocycles. The number of amides is 3. The summed E-state index contributed by atoms with van der Waals surface area (Å²) in [6.45, 7) is 2.63. The van der Waals surface area contributed by atoms with E-state index >= 15 is 0 Å². The summed E-state index contributed by atoms with van der Waals surface area (Å²) in [5, 5.41) is 2.77. The van der Waals surface area contributed by atoms with Crippen LogP contribution in [0, 0.1) is 6.92 Å². The molecule has 1 fully saturated rings. The molecular weight excluding hydrogens is 494 g/mol. The summed E-state index contributed by atoms with van der Waals surface area (Å²) in [6, 6.07) is 26.8. The fourth-order valence-corrected chi connectivity index (χ4v) is 4.60. The Labute approximate surface area is 226 Å². The summed E-state index contributed by atoms with van der Waals surface area (Å²) < 4.78 is 10.9. The lowest BCUT2D eigenvalue weighted by Crippen LogP contribution is -2.46. The highest BCUT2D eigenvalue weighted by Crippen LogP contribution is 2.35. The van der Waals surface area contributed by atoms with Crippen molar-refractivity contribution in [3.05, 3.63) is 125 Å². The fraction of sp³-hybridized carbons (Fsp3) is 0.194. The minimum Gasteiger partial charge on any atom is -0.459 e. The Bertz CT molecular complexity index is 1430. The number of aryl methyl sites for hydroxylation is 1. The monoisotopic (exact) mass is 523 g/mol. The number of carbonyl (C=O) groups excluding carboxylic acids is 3. The van der Waals surface area contributed by atoms with Crippen LogP contribution in [-0.4, -0.2) is 40.8 Å². The van der Waals surface area contributed by atoms with Gasteiger partial charge in [0, 0.05) is 19.3 Å². The van der Waals surface area contributed by atoms with Crippen molar-refractivity contribution in [2.24, 2.45) is 0 Å². The van der Waals surface area contributed by atoms with E-state index in [2.05, 4.69) is 5.32 Å². The molecule has 0 radical (unpaired) electrons. The van der Waals surface area contributed by atoms with Gasteiger partial charge < -0.3 is 19.4 Å². The predicted molar refractivity (Wildman–Crippen MR) is 146 cm³/mol. The van der Waals surface area contributed by atoms with Crippen molar-refractivity contribution in [2.45, 2.75) is 32.2 Å². The smallest absolute Gasteiger partial charge is 0.411 e. The molecule has 0 spiro atoms. The number of anilines is 1. The van der Waals surface area contributed by atoms with Gasteiger partial charge in [-0.15, -0.1) is 0 Å². The summed E-state index contributed by atoms with van der Waals surface area (Å²) in [6.07, 6.45) is 0.0616. The average Bonchev–Trinajstić information content (AvgIpc) is 3.59. The van der Waals surface area contributed by atoms with Crippen molar-refractivity contribution in [3.63, 3.8) is 0 Å². The third kappa shape index (κ3) is 5.85. The van der Waals surface area contributed by atoms with Crippen molar-refractivity contribution in [2.75, 3.05) is 12.4 Å². The highest BCUT2D eigenvalue weighted by atomic mass is 16.6. The quantitative estimate of drug-likeness (QED) is 0.326. The zero-order valence-corrected chi connectivity index (χ0v) is 21.7. The van der Waals surface area contributed by atoms with Gasteiger partial charge in [-0.3, -0.25) is 14.5 Å². The lowest BCUT2D eigenvalue weighted by molar-refractivity contribution is -0.136. The van der Waals surface area contributed by atoms with Crippen molar-refractivity contribution in [1.29, 1.82) is 0 Å². The van der Waals surface area contributed by atoms with Crippen LogP contribution < -0.4 is 5.32 Å². The van der Waals surface area contributed by atoms with Crippen LogP contribution in [0.4, 0.5) is 10.5 Å². The highest BCUT2D eigenvalue weighted by Gasteiger charge is 2.48. The Morgan fingerprint density at radius 1 is 0.897 bits per heavy atom. The van der Waals surface area contributed by atoms with E-state index in [0.29, 0.717) is 17.8 Å². The maximum absolute atomic E-state index is 13.9. The summed E-state index contributed by atoms with van der Waals surface area (Å²) in [7, 11) is 1.73. The van der Waals surface area contributed by atoms with E-state index in [9.17, 15) is 14.4 Å². The highest BCUT2D eigenvalue weighted by molar-refractivity contribution is 6.02. The molecule has 8 heteroatoms. The van der Waals surface area contributed by atoms with Crippen LogP contribution in [0.1, 0.15) is 38.9 Å². The number of furan rings is 1. The van der Waals surface area contributed by atoms with Crippen LogP contribution in [0.3, 0.4) is 0 Å². The normalized spacial score (nSPS) is 16.6. The second-order valence-electron chi connectivity index (χ2n) is 9.60. The van der Waals surface area contributed by atoms with Gasteiger partial charge in [0.15, 0.2) is 17.9 Å². The predicted octanol–water partition coefficient (Wildman–Crippen LogP) is 5.56. The molecule has 1 aromatic heterocycles. The van der Waals surface area contributed by atoms with E-state index in [4.69, 9.17) is 9.15 Å². The number of benzene rings is 3. The maximum atomic E-state index is 13.9. The number of hydrogen-bond donors (Lipinski definition) is 1. The van der Waals surface area contributed by atoms with Gasteiger partial charge in [-0.2, -0.15) is 0 Å². The van der Waals surface area contributed by atoms with Gasteiger partial charge in [0.1, 0.15) is 0 Å². The van der Waals surface area contributed by atoms with E-state index in [1.807, 2.05) is 61.5 Å². The molecule has 0 bridgehead atoms. The van der Waals surface area contributed by atoms with E-state index < -0.39 is 18.2 Å². The van der Waals surface area contributed by atoms with Crippen LogP contribution in [0.15, 0.2) is 102 Å². The number of ether oxygens (including phenoxy) is 1. The molecule has 1 N–H and O–H groups in total. The summed E-state index contributed by atoms with van der Waals surface area (Å²) in [4.78, 5) is 42.4. The van der Waals surface area contributed by atoms with Crippen LogP contribution in [0.5, 0.6) is 0 Å². The van der Waals surface area contributed by atoms with Crippen LogP contribution in [0.2, 0.25) is 0 Å². The third-order valence-corrected chi connectivity index (χ3v) is 6.69. The van der Waals surface area contributed by atoms with Gasteiger partial charge >= 0.3 is 6.09 Å². The molecule has 3 aromatic carbocycles. The van der Waals surface area contributed by atoms with Gasteiger partial charge in [-0.1, -0.05) is 72.3 Å². The largest absolute Gasteiger partial charge is 0.459 e. The minimum absolute atomic E-state index is 0.197. The Morgan fingerprint density at radius 2 is 1.62 bits per heavy atom. The second kappa shape index (κ2) is 11.3. The van der Waals surface area contributed by atoms with E-state index in [-0.39, 0.29) is 24.1 Å². The van der Waals surface area contributed by atoms with Crippen LogP contribution in [-0.2, 0) is 22.6 Å². The number of carbonyl (C=O) groups is 3. The van der Waals surface area contributed by atoms with Gasteiger partial charge in [-0.25, -0.2) is 4.79 Å². The number of hydrogen-bond acceptors (Lipinski definition) is 5. The third-order valence-electron chi connectivity index (χ3n) is 6.69. The van der Waals surface area contributed by atoms with Crippen molar-refractivity contribution < 1.29 is 23.5 Å². The Kier molecular flexibility index (Phi) is 7.45. The van der Waals surface area contributed by atoms with Crippen molar-refractivity contribution in [3.8, 4) is 0 Å². The van der Waals surface area contributed by atoms with Crippen LogP contribution in [0.25, 0.3) is 0 Å². The summed E-state index contributed by atoms with van der Waals surface area (Å²) >= 11 is 0. The molecule has 4 aromatic rings. The first kappa shape index (κ1) is 25.8. The number of rotatable bonds is 8. The molecule has 1 aliphatic rings. The van der Waals surface area contributed by atoms with Gasteiger partial charge in [0.25, 0.3) is 5.91 Å². The average molecular weight is 524 g/mol. The molecule has 198 valence electrons. The zero-order chi connectivity index (χ0) is 27.4. The summed E-state index contributed by atoms with van der Waals surface area (Å²) in [5.41, 5.74) is 4.19. The number of nitrogens with one attached hydrogen (secondary N) is 1. The molecule has 0 unspecified atom stereocenters. The molecule has 3 amide bonds. The Balaban J connectivity index is 1.40. The molecule has 8 nitrogen and oxygen atoms in total. The summed E-state index contributed by atoms with van der Waals surface area (Å²) in [5.74, 6) is -0.403. The fourth-order valence-electron chi connectivity index (χ4n) is 4.60. The van der Waals surface area contributed by atoms with Gasteiger partial charge in [0.2, 0.25) is 5.91 Å². The maximum Gasteiger partial charge on any atom is 0.411 e. The molecule has 39 heavy (non-hydrogen) atoms. The lowest BCUT2D eigenvalue weighted by Gasteiger charge is -2.28. The number of likely N-dealkylation sites (N-methyl/N-ethyl adjacent to an activating group) is 1. The topological polar surface area (TPSA) is 92.1 Å². The first-order chi connectivity index (χ1) is 18.9. The van der Waals surface area contributed by atoms with Crippen LogP contribution >= 0.6 is 0 Å². The molecule has 2 atom stereocenters. The first-order valence-electron chi connectivity index (χ1n) is 12.7. The molecule has 0 saturated carbocycles. The van der Waals surface area contributed by atoms with Crippen molar-refractivity contribution >= 4 is 23.6 Å². The molecular formula is C31H29N3O5. The van der Waals surface area contributed by atoms with Gasteiger partial charge in [0.05, 0.1) is 12.8 Å². The van der Waals surface area contributed by atoms with E-state index in [0.717, 1.165) is 16.7 Å². The standard InChI is InChI=1S/C31H29N3O5/c1-21-10-12-23(13-11-21)20-34-27(30(36)33(2)19-22-7-4-3-5-8-22)28(39-31(34)37)24-14-16-25(17-15-24)32-29(35)26-9-6-18-38-26/h3-18,27-28H,19-20H2,1-2H3,(H,32,35)/t27-,28+/m1/s1. The second-order valence-corrected chi connectivity index (χ2v) is 9.60. The van der Waals surface area contributed by atoms with Gasteiger partial charge in [-0.05, 0) is 47.9 Å². The van der Waals surface area contributed by atoms with E-state index in [1.165, 1.54) is 11.2 Å². The molecule has 0 aliphatic carbocycles. The first-order valence-corrected chi connectivity index (χ1v) is 12.7. The zero-order valence-electron chi connectivity index (χ0n) is 21.7. The van der Waals surface area contributed by atoms with Crippen molar-refractivity contribution in [1.82, 2.24) is 9.80 Å².